The molecule has 1 aromatic carbocycles. The second kappa shape index (κ2) is 5.63. The van der Waals surface area contributed by atoms with Gasteiger partial charge in [-0.15, -0.1) is 5.10 Å². The van der Waals surface area contributed by atoms with E-state index in [-0.39, 0.29) is 18.1 Å². The molecular weight excluding hydrogens is 308 g/mol. The number of benzene rings is 1. The van der Waals surface area contributed by atoms with Gasteiger partial charge in [0.25, 0.3) is 0 Å². The first-order valence-electron chi connectivity index (χ1n) is 8.09. The van der Waals surface area contributed by atoms with Gasteiger partial charge in [0.15, 0.2) is 0 Å². The highest BCUT2D eigenvalue weighted by Gasteiger charge is 2.34. The number of hydrogen-bond donors (Lipinski definition) is 1. The number of carbonyl (C=O) groups is 1. The Labute approximate surface area is 138 Å². The van der Waals surface area contributed by atoms with Crippen LogP contribution in [0.25, 0.3) is 5.69 Å². The number of carbonyl (C=O) groups excluding carboxylic acids is 1. The molecule has 2 aliphatic rings. The molecule has 0 spiro atoms. The maximum absolute atomic E-state index is 12.8. The van der Waals surface area contributed by atoms with Crippen LogP contribution in [0.1, 0.15) is 18.9 Å². The SMILES string of the molecule is CCCNC(=O)Cn1nc2n(c1=O)-c1ccccc1C1=NCCN12. The Morgan fingerprint density at radius 1 is 1.33 bits per heavy atom. The molecule has 8 heteroatoms. The van der Waals surface area contributed by atoms with Crippen LogP contribution in [0, 0.1) is 0 Å². The first kappa shape index (κ1) is 14.7. The van der Waals surface area contributed by atoms with Crippen molar-refractivity contribution in [3.8, 4) is 5.69 Å². The van der Waals surface area contributed by atoms with Gasteiger partial charge in [-0.3, -0.25) is 14.7 Å². The summed E-state index contributed by atoms with van der Waals surface area (Å²) in [5.74, 6) is 1.15. The molecule has 1 aromatic heterocycles. The molecule has 2 aromatic rings. The Hall–Kier alpha value is -2.90. The third kappa shape index (κ3) is 2.14. The number of anilines is 1. The summed E-state index contributed by atoms with van der Waals surface area (Å²) >= 11 is 0. The standard InChI is InChI=1S/C16H18N6O2/c1-2-7-17-13(23)10-21-16(24)22-12-6-4-3-5-11(12)14-18-8-9-20(14)15(22)19-21/h3-6H,2,7-10H2,1H3,(H,17,23). The lowest BCUT2D eigenvalue weighted by Crippen LogP contribution is -2.38. The third-order valence-corrected chi connectivity index (χ3v) is 4.16. The summed E-state index contributed by atoms with van der Waals surface area (Å²) < 4.78 is 2.78. The van der Waals surface area contributed by atoms with Crippen molar-refractivity contribution in [2.24, 2.45) is 4.99 Å². The number of hydrogen-bond acceptors (Lipinski definition) is 5. The van der Waals surface area contributed by atoms with Crippen LogP contribution in [0.3, 0.4) is 0 Å². The Bertz CT molecular complexity index is 894. The maximum atomic E-state index is 12.8. The molecule has 1 amide bonds. The molecule has 24 heavy (non-hydrogen) atoms. The van der Waals surface area contributed by atoms with E-state index in [9.17, 15) is 9.59 Å². The highest BCUT2D eigenvalue weighted by molar-refractivity contribution is 6.14. The smallest absolute Gasteiger partial charge is 0.352 e. The fraction of sp³-hybridized carbons (Fsp3) is 0.375. The number of rotatable bonds is 4. The molecule has 0 saturated heterocycles. The van der Waals surface area contributed by atoms with Gasteiger partial charge in [0.2, 0.25) is 11.9 Å². The number of aliphatic imine (C=N–C) groups is 1. The number of fused-ring (bicyclic) bond motifs is 6. The summed E-state index contributed by atoms with van der Waals surface area (Å²) in [6.45, 7) is 3.84. The number of amides is 1. The highest BCUT2D eigenvalue weighted by atomic mass is 16.2. The van der Waals surface area contributed by atoms with Crippen molar-refractivity contribution in [3.05, 3.63) is 40.3 Å². The summed E-state index contributed by atoms with van der Waals surface area (Å²) in [5.41, 5.74) is 1.37. The lowest BCUT2D eigenvalue weighted by atomic mass is 10.1. The summed E-state index contributed by atoms with van der Waals surface area (Å²) in [4.78, 5) is 31.2. The zero-order valence-electron chi connectivity index (χ0n) is 13.4. The summed E-state index contributed by atoms with van der Waals surface area (Å²) in [6, 6.07) is 7.64. The lowest BCUT2D eigenvalue weighted by Gasteiger charge is -2.26. The van der Waals surface area contributed by atoms with E-state index in [1.165, 1.54) is 4.68 Å². The molecule has 1 N–H and O–H groups in total. The van der Waals surface area contributed by atoms with Gasteiger partial charge in [0.05, 0.1) is 12.2 Å². The quantitative estimate of drug-likeness (QED) is 0.866. The molecular formula is C16H18N6O2. The molecule has 0 aliphatic carbocycles. The van der Waals surface area contributed by atoms with E-state index >= 15 is 0 Å². The van der Waals surface area contributed by atoms with Gasteiger partial charge < -0.3 is 5.32 Å². The minimum Gasteiger partial charge on any atom is -0.355 e. The van der Waals surface area contributed by atoms with Crippen molar-refractivity contribution in [2.75, 3.05) is 24.5 Å². The molecule has 8 nitrogen and oxygen atoms in total. The third-order valence-electron chi connectivity index (χ3n) is 4.16. The fourth-order valence-corrected chi connectivity index (χ4v) is 3.07. The zero-order valence-corrected chi connectivity index (χ0v) is 13.4. The highest BCUT2D eigenvalue weighted by Crippen LogP contribution is 2.29. The molecule has 0 bridgehead atoms. The first-order valence-corrected chi connectivity index (χ1v) is 8.09. The van der Waals surface area contributed by atoms with Crippen LogP contribution in [-0.4, -0.2) is 45.7 Å². The predicted octanol–water partition coefficient (Wildman–Crippen LogP) is 0.140. The Morgan fingerprint density at radius 3 is 3.00 bits per heavy atom. The fourth-order valence-electron chi connectivity index (χ4n) is 3.07. The van der Waals surface area contributed by atoms with Crippen molar-refractivity contribution in [1.29, 1.82) is 0 Å². The zero-order chi connectivity index (χ0) is 16.7. The van der Waals surface area contributed by atoms with Gasteiger partial charge in [-0.1, -0.05) is 19.1 Å². The average molecular weight is 326 g/mol. The van der Waals surface area contributed by atoms with E-state index in [1.54, 1.807) is 4.57 Å². The molecule has 0 unspecified atom stereocenters. The second-order valence-corrected chi connectivity index (χ2v) is 5.80. The van der Waals surface area contributed by atoms with Gasteiger partial charge in [0.1, 0.15) is 12.4 Å². The number of amidine groups is 1. The van der Waals surface area contributed by atoms with Gasteiger partial charge in [-0.05, 0) is 18.6 Å². The van der Waals surface area contributed by atoms with Gasteiger partial charge in [-0.2, -0.15) is 0 Å². The van der Waals surface area contributed by atoms with E-state index in [0.717, 1.165) is 23.5 Å². The van der Waals surface area contributed by atoms with E-state index < -0.39 is 0 Å². The number of aromatic nitrogens is 3. The van der Waals surface area contributed by atoms with Crippen molar-refractivity contribution in [2.45, 2.75) is 19.9 Å². The molecule has 2 aliphatic heterocycles. The van der Waals surface area contributed by atoms with Crippen LogP contribution in [0.5, 0.6) is 0 Å². The normalized spacial score (nSPS) is 14.7. The summed E-state index contributed by atoms with van der Waals surface area (Å²) in [5, 5.41) is 7.16. The number of para-hydroxylation sites is 1. The van der Waals surface area contributed by atoms with E-state index in [2.05, 4.69) is 15.4 Å². The van der Waals surface area contributed by atoms with Crippen LogP contribution >= 0.6 is 0 Å². The monoisotopic (exact) mass is 326 g/mol. The molecule has 0 radical (unpaired) electrons. The van der Waals surface area contributed by atoms with E-state index in [4.69, 9.17) is 0 Å². The number of nitrogens with one attached hydrogen (secondary N) is 1. The second-order valence-electron chi connectivity index (χ2n) is 5.80. The molecule has 3 heterocycles. The van der Waals surface area contributed by atoms with E-state index in [1.807, 2.05) is 36.1 Å². The summed E-state index contributed by atoms with van der Waals surface area (Å²) in [7, 11) is 0. The first-order chi connectivity index (χ1) is 11.7. The Morgan fingerprint density at radius 2 is 2.17 bits per heavy atom. The van der Waals surface area contributed by atoms with Crippen LogP contribution in [0.4, 0.5) is 5.95 Å². The minimum absolute atomic E-state index is 0.0820. The van der Waals surface area contributed by atoms with Crippen molar-refractivity contribution in [3.63, 3.8) is 0 Å². The van der Waals surface area contributed by atoms with Crippen molar-refractivity contribution >= 4 is 17.7 Å². The molecule has 124 valence electrons. The predicted molar refractivity (Wildman–Crippen MR) is 89.9 cm³/mol. The van der Waals surface area contributed by atoms with Crippen LogP contribution in [-0.2, 0) is 11.3 Å². The van der Waals surface area contributed by atoms with E-state index in [0.29, 0.717) is 25.6 Å². The summed E-state index contributed by atoms with van der Waals surface area (Å²) in [6.07, 6.45) is 0.849. The maximum Gasteiger partial charge on any atom is 0.352 e. The molecule has 4 rings (SSSR count). The molecule has 0 fully saturated rings. The number of nitrogens with zero attached hydrogens (tertiary/aromatic N) is 5. The Balaban J connectivity index is 1.79. The topological polar surface area (TPSA) is 84.5 Å². The Kier molecular flexibility index (Phi) is 3.44. The lowest BCUT2D eigenvalue weighted by molar-refractivity contribution is -0.121. The van der Waals surface area contributed by atoms with Crippen LogP contribution in [0.2, 0.25) is 0 Å². The van der Waals surface area contributed by atoms with Gasteiger partial charge in [-0.25, -0.2) is 14.0 Å². The van der Waals surface area contributed by atoms with Gasteiger partial charge in [0, 0.05) is 18.7 Å². The molecule has 0 atom stereocenters. The largest absolute Gasteiger partial charge is 0.355 e. The van der Waals surface area contributed by atoms with Crippen LogP contribution < -0.4 is 15.9 Å². The average Bonchev–Trinajstić information content (AvgIpc) is 3.19. The van der Waals surface area contributed by atoms with Gasteiger partial charge >= 0.3 is 5.69 Å². The van der Waals surface area contributed by atoms with Crippen LogP contribution in [0.15, 0.2) is 34.1 Å². The van der Waals surface area contributed by atoms with Crippen molar-refractivity contribution < 1.29 is 4.79 Å². The minimum atomic E-state index is -0.310. The molecule has 0 saturated carbocycles. The van der Waals surface area contributed by atoms with Crippen molar-refractivity contribution in [1.82, 2.24) is 19.7 Å².